The number of hydrogen-bond donors (Lipinski definition) is 0. The second-order valence-electron chi connectivity index (χ2n) is 2.87. The molecule has 0 fully saturated rings. The molecule has 1 aliphatic heterocycles. The van der Waals surface area contributed by atoms with Crippen LogP contribution in [0.15, 0.2) is 17.5 Å². The lowest BCUT2D eigenvalue weighted by molar-refractivity contribution is 0.112. The van der Waals surface area contributed by atoms with E-state index < -0.39 is 0 Å². The zero-order valence-electron chi connectivity index (χ0n) is 7.16. The molecule has 3 heteroatoms. The zero-order valence-corrected chi connectivity index (χ0v) is 7.97. The minimum Gasteiger partial charge on any atom is -0.377 e. The molecule has 0 spiro atoms. The summed E-state index contributed by atoms with van der Waals surface area (Å²) in [5.41, 5.74) is 2.33. The smallest absolute Gasteiger partial charge is 0.160 e. The van der Waals surface area contributed by atoms with Crippen molar-refractivity contribution in [3.8, 4) is 0 Å². The minimum absolute atomic E-state index is 0.670. The van der Waals surface area contributed by atoms with E-state index in [0.717, 1.165) is 29.8 Å². The molecule has 0 aliphatic carbocycles. The van der Waals surface area contributed by atoms with E-state index in [0.29, 0.717) is 6.61 Å². The molecular weight excluding hydrogens is 184 g/mol. The molecule has 0 radical (unpaired) electrons. The van der Waals surface area contributed by atoms with Crippen molar-refractivity contribution >= 4 is 23.2 Å². The first-order valence-corrected chi connectivity index (χ1v) is 5.09. The molecule has 0 saturated heterocycles. The van der Waals surface area contributed by atoms with Crippen molar-refractivity contribution in [1.82, 2.24) is 0 Å². The fourth-order valence-electron chi connectivity index (χ4n) is 1.45. The molecule has 1 aromatic heterocycles. The van der Waals surface area contributed by atoms with Crippen LogP contribution in [-0.2, 0) is 4.74 Å². The maximum absolute atomic E-state index is 10.7. The van der Waals surface area contributed by atoms with Crippen molar-refractivity contribution in [3.05, 3.63) is 28.0 Å². The Kier molecular flexibility index (Phi) is 2.57. The molecule has 2 heterocycles. The van der Waals surface area contributed by atoms with Crippen molar-refractivity contribution in [2.24, 2.45) is 0 Å². The highest BCUT2D eigenvalue weighted by molar-refractivity contribution is 7.12. The second kappa shape index (κ2) is 3.85. The Hall–Kier alpha value is -0.930. The lowest BCUT2D eigenvalue weighted by Crippen LogP contribution is -2.03. The Labute approximate surface area is 80.8 Å². The minimum atomic E-state index is 0.670. The van der Waals surface area contributed by atoms with Crippen LogP contribution in [0.1, 0.15) is 21.7 Å². The Balaban J connectivity index is 2.33. The topological polar surface area (TPSA) is 26.3 Å². The summed E-state index contributed by atoms with van der Waals surface area (Å²) in [5.74, 6) is 0. The molecule has 68 valence electrons. The van der Waals surface area contributed by atoms with E-state index in [4.69, 9.17) is 4.74 Å². The van der Waals surface area contributed by atoms with Gasteiger partial charge in [0.2, 0.25) is 0 Å². The number of carbonyl (C=O) groups excluding carboxylic acids is 1. The highest BCUT2D eigenvalue weighted by Crippen LogP contribution is 2.26. The van der Waals surface area contributed by atoms with Crippen LogP contribution in [0.2, 0.25) is 0 Å². The molecule has 0 N–H and O–H groups in total. The molecule has 13 heavy (non-hydrogen) atoms. The van der Waals surface area contributed by atoms with Crippen molar-refractivity contribution in [1.29, 1.82) is 0 Å². The number of ether oxygens (including phenoxy) is 1. The van der Waals surface area contributed by atoms with Crippen LogP contribution in [0.3, 0.4) is 0 Å². The number of carbonyl (C=O) groups is 1. The summed E-state index contributed by atoms with van der Waals surface area (Å²) in [7, 11) is 0. The van der Waals surface area contributed by atoms with Gasteiger partial charge in [-0.3, -0.25) is 4.79 Å². The normalized spacial score (nSPS) is 16.8. The van der Waals surface area contributed by atoms with Crippen LogP contribution in [0.25, 0.3) is 5.57 Å². The predicted molar refractivity (Wildman–Crippen MR) is 53.1 cm³/mol. The number of thiophene rings is 1. The van der Waals surface area contributed by atoms with Gasteiger partial charge >= 0.3 is 0 Å². The average molecular weight is 194 g/mol. The van der Waals surface area contributed by atoms with Gasteiger partial charge in [0.25, 0.3) is 0 Å². The van der Waals surface area contributed by atoms with Crippen LogP contribution in [0, 0.1) is 0 Å². The molecular formula is C10H10O2S. The van der Waals surface area contributed by atoms with Gasteiger partial charge in [0.15, 0.2) is 6.29 Å². The largest absolute Gasteiger partial charge is 0.377 e. The Morgan fingerprint density at radius 1 is 1.54 bits per heavy atom. The van der Waals surface area contributed by atoms with E-state index in [9.17, 15) is 4.79 Å². The monoisotopic (exact) mass is 194 g/mol. The first-order valence-electron chi connectivity index (χ1n) is 4.21. The number of aldehydes is 1. The third-order valence-corrected chi connectivity index (χ3v) is 2.95. The molecule has 0 amide bonds. The fraction of sp³-hybridized carbons (Fsp3) is 0.300. The third-order valence-electron chi connectivity index (χ3n) is 2.11. The van der Waals surface area contributed by atoms with Crippen LogP contribution in [0.5, 0.6) is 0 Å². The van der Waals surface area contributed by atoms with Crippen LogP contribution in [-0.4, -0.2) is 19.5 Å². The highest BCUT2D eigenvalue weighted by atomic mass is 32.1. The van der Waals surface area contributed by atoms with Crippen LogP contribution >= 0.6 is 11.3 Å². The molecule has 1 aromatic rings. The Bertz CT molecular complexity index is 338. The molecule has 0 unspecified atom stereocenters. The summed E-state index contributed by atoms with van der Waals surface area (Å²) < 4.78 is 5.21. The first-order chi connectivity index (χ1) is 6.42. The van der Waals surface area contributed by atoms with Crippen molar-refractivity contribution in [2.45, 2.75) is 6.42 Å². The standard InChI is InChI=1S/C10H10O2S/c11-7-10-9(3-6-13-10)8-1-4-12-5-2-8/h1,3,6-7H,2,4-5H2. The van der Waals surface area contributed by atoms with Gasteiger partial charge in [-0.2, -0.15) is 0 Å². The maximum Gasteiger partial charge on any atom is 0.160 e. The van der Waals surface area contributed by atoms with E-state index in [1.165, 1.54) is 16.9 Å². The summed E-state index contributed by atoms with van der Waals surface area (Å²) >= 11 is 1.49. The Morgan fingerprint density at radius 2 is 2.46 bits per heavy atom. The quantitative estimate of drug-likeness (QED) is 0.675. The van der Waals surface area contributed by atoms with Crippen molar-refractivity contribution in [3.63, 3.8) is 0 Å². The summed E-state index contributed by atoms with van der Waals surface area (Å²) in [6.45, 7) is 1.43. The van der Waals surface area contributed by atoms with E-state index in [1.54, 1.807) is 0 Å². The molecule has 1 aliphatic rings. The predicted octanol–water partition coefficient (Wildman–Crippen LogP) is 2.36. The molecule has 0 saturated carbocycles. The van der Waals surface area contributed by atoms with Gasteiger partial charge in [-0.05, 0) is 29.0 Å². The third kappa shape index (κ3) is 1.71. The summed E-state index contributed by atoms with van der Waals surface area (Å²) in [4.78, 5) is 11.5. The van der Waals surface area contributed by atoms with Gasteiger partial charge in [-0.15, -0.1) is 11.3 Å². The number of hydrogen-bond acceptors (Lipinski definition) is 3. The average Bonchev–Trinajstić information content (AvgIpc) is 2.67. The number of rotatable bonds is 2. The van der Waals surface area contributed by atoms with Gasteiger partial charge in [0.1, 0.15) is 0 Å². The summed E-state index contributed by atoms with van der Waals surface area (Å²) in [6, 6.07) is 2.01. The molecule has 2 nitrogen and oxygen atoms in total. The zero-order chi connectivity index (χ0) is 9.10. The lowest BCUT2D eigenvalue weighted by atomic mass is 10.0. The van der Waals surface area contributed by atoms with Crippen LogP contribution in [0.4, 0.5) is 0 Å². The van der Waals surface area contributed by atoms with E-state index in [1.807, 2.05) is 11.4 Å². The Morgan fingerprint density at radius 3 is 3.15 bits per heavy atom. The maximum atomic E-state index is 10.7. The van der Waals surface area contributed by atoms with Gasteiger partial charge in [0, 0.05) is 0 Å². The van der Waals surface area contributed by atoms with Crippen LogP contribution < -0.4 is 0 Å². The van der Waals surface area contributed by atoms with Gasteiger partial charge in [-0.1, -0.05) is 6.08 Å². The van der Waals surface area contributed by atoms with Gasteiger partial charge < -0.3 is 4.74 Å². The van der Waals surface area contributed by atoms with Gasteiger partial charge in [-0.25, -0.2) is 0 Å². The summed E-state index contributed by atoms with van der Waals surface area (Å²) in [6.07, 6.45) is 3.90. The van der Waals surface area contributed by atoms with E-state index in [-0.39, 0.29) is 0 Å². The molecule has 2 rings (SSSR count). The molecule has 0 bridgehead atoms. The van der Waals surface area contributed by atoms with Crippen molar-refractivity contribution < 1.29 is 9.53 Å². The van der Waals surface area contributed by atoms with Crippen molar-refractivity contribution in [2.75, 3.05) is 13.2 Å². The SMILES string of the molecule is O=Cc1sccc1C1=CCOCC1. The first kappa shape index (κ1) is 8.66. The van der Waals surface area contributed by atoms with Gasteiger partial charge in [0.05, 0.1) is 18.1 Å². The van der Waals surface area contributed by atoms with E-state index >= 15 is 0 Å². The molecule has 0 atom stereocenters. The lowest BCUT2D eigenvalue weighted by Gasteiger charge is -2.12. The van der Waals surface area contributed by atoms with E-state index in [2.05, 4.69) is 6.08 Å². The molecule has 0 aromatic carbocycles. The highest BCUT2D eigenvalue weighted by Gasteiger charge is 2.10. The fourth-order valence-corrected chi connectivity index (χ4v) is 2.18. The summed E-state index contributed by atoms with van der Waals surface area (Å²) in [5, 5.41) is 1.95. The second-order valence-corrected chi connectivity index (χ2v) is 3.82.